The molecule has 164 valence electrons. The predicted octanol–water partition coefficient (Wildman–Crippen LogP) is 5.20. The molecule has 0 radical (unpaired) electrons. The van der Waals surface area contributed by atoms with Crippen molar-refractivity contribution in [3.8, 4) is 0 Å². The highest BCUT2D eigenvalue weighted by atomic mass is 35.5. The molecule has 1 heterocycles. The fourth-order valence-electron chi connectivity index (χ4n) is 2.78. The number of nitrogens with one attached hydrogen (secondary N) is 1. The highest BCUT2D eigenvalue weighted by Crippen LogP contribution is 2.28. The molecule has 0 saturated heterocycles. The van der Waals surface area contributed by atoms with E-state index < -0.39 is 22.9 Å². The number of hydrogen-bond donors (Lipinski definition) is 1. The molecule has 3 rings (SSSR count). The van der Waals surface area contributed by atoms with Crippen LogP contribution in [0.5, 0.6) is 0 Å². The SMILES string of the molecule is O=C(CCC(=O)c1cccs1)O[C@H](C(=O)Nc1ccc([N+](=O)[O-])cc1Cl)c1ccccc1. The number of nitro benzene ring substituents is 1. The van der Waals surface area contributed by atoms with E-state index in [4.69, 9.17) is 16.3 Å². The quantitative estimate of drug-likeness (QED) is 0.198. The molecule has 1 aromatic heterocycles. The van der Waals surface area contributed by atoms with Gasteiger partial charge in [0.1, 0.15) is 0 Å². The Labute approximate surface area is 191 Å². The summed E-state index contributed by atoms with van der Waals surface area (Å²) in [6, 6.07) is 15.4. The van der Waals surface area contributed by atoms with Crippen molar-refractivity contribution in [1.82, 2.24) is 0 Å². The van der Waals surface area contributed by atoms with E-state index in [0.29, 0.717) is 10.4 Å². The minimum absolute atomic E-state index is 0.0350. The number of halogens is 1. The first-order chi connectivity index (χ1) is 15.3. The number of ketones is 1. The van der Waals surface area contributed by atoms with Crippen LogP contribution in [-0.2, 0) is 14.3 Å². The molecule has 0 bridgehead atoms. The summed E-state index contributed by atoms with van der Waals surface area (Å²) in [6.07, 6.45) is -1.53. The summed E-state index contributed by atoms with van der Waals surface area (Å²) in [6.45, 7) is 0. The van der Waals surface area contributed by atoms with E-state index >= 15 is 0 Å². The number of nitrogens with zero attached hydrogens (tertiary/aromatic N) is 1. The van der Waals surface area contributed by atoms with Crippen molar-refractivity contribution in [2.24, 2.45) is 0 Å². The smallest absolute Gasteiger partial charge is 0.307 e. The van der Waals surface area contributed by atoms with Gasteiger partial charge in [0, 0.05) is 24.1 Å². The van der Waals surface area contributed by atoms with Gasteiger partial charge in [-0.1, -0.05) is 48.0 Å². The zero-order valence-electron chi connectivity index (χ0n) is 16.5. The fourth-order valence-corrected chi connectivity index (χ4v) is 3.70. The number of ether oxygens (including phenoxy) is 1. The Kier molecular flexibility index (Phi) is 7.69. The zero-order chi connectivity index (χ0) is 23.1. The van der Waals surface area contributed by atoms with Gasteiger partial charge in [-0.05, 0) is 17.5 Å². The molecule has 0 aliphatic rings. The van der Waals surface area contributed by atoms with Crippen LogP contribution in [0.2, 0.25) is 5.02 Å². The third-order valence-electron chi connectivity index (χ3n) is 4.36. The standard InChI is InChI=1S/C22H17ClN2O6S/c23-16-13-15(25(29)30)8-9-17(16)24-22(28)21(14-5-2-1-3-6-14)31-20(27)11-10-18(26)19-7-4-12-32-19/h1-9,12-13,21H,10-11H2,(H,24,28)/t21-/m0/s1. The largest absolute Gasteiger partial charge is 0.447 e. The molecule has 0 fully saturated rings. The van der Waals surface area contributed by atoms with E-state index in [-0.39, 0.29) is 35.0 Å². The van der Waals surface area contributed by atoms with Crippen LogP contribution >= 0.6 is 22.9 Å². The summed E-state index contributed by atoms with van der Waals surface area (Å²) in [4.78, 5) is 48.2. The van der Waals surface area contributed by atoms with Crippen molar-refractivity contribution in [3.63, 3.8) is 0 Å². The topological polar surface area (TPSA) is 116 Å². The molecular weight excluding hydrogens is 456 g/mol. The molecule has 1 atom stereocenters. The summed E-state index contributed by atoms with van der Waals surface area (Å²) >= 11 is 7.33. The number of thiophene rings is 1. The van der Waals surface area contributed by atoms with E-state index in [0.717, 1.165) is 6.07 Å². The second-order valence-electron chi connectivity index (χ2n) is 6.59. The van der Waals surface area contributed by atoms with Crippen molar-refractivity contribution < 1.29 is 24.0 Å². The van der Waals surface area contributed by atoms with Crippen molar-refractivity contribution in [2.75, 3.05) is 5.32 Å². The molecule has 0 unspecified atom stereocenters. The number of rotatable bonds is 9. The predicted molar refractivity (Wildman–Crippen MR) is 120 cm³/mol. The normalized spacial score (nSPS) is 11.4. The van der Waals surface area contributed by atoms with Crippen molar-refractivity contribution in [1.29, 1.82) is 0 Å². The van der Waals surface area contributed by atoms with E-state index in [1.54, 1.807) is 47.8 Å². The van der Waals surface area contributed by atoms with Crippen molar-refractivity contribution >= 4 is 52.0 Å². The summed E-state index contributed by atoms with van der Waals surface area (Å²) < 4.78 is 5.39. The van der Waals surface area contributed by atoms with Gasteiger partial charge in [0.2, 0.25) is 6.10 Å². The molecule has 0 spiro atoms. The molecule has 8 nitrogen and oxygen atoms in total. The highest BCUT2D eigenvalue weighted by Gasteiger charge is 2.26. The van der Waals surface area contributed by atoms with E-state index in [2.05, 4.69) is 5.32 Å². The molecule has 0 saturated carbocycles. The summed E-state index contributed by atoms with van der Waals surface area (Å²) in [5.41, 5.74) is 0.322. The Morgan fingerprint density at radius 2 is 1.81 bits per heavy atom. The number of nitro groups is 1. The van der Waals surface area contributed by atoms with Crippen molar-refractivity contribution in [2.45, 2.75) is 18.9 Å². The summed E-state index contributed by atoms with van der Waals surface area (Å²) in [7, 11) is 0. The Hall–Kier alpha value is -3.56. The molecule has 3 aromatic rings. The van der Waals surface area contributed by atoms with Crippen LogP contribution in [0, 0.1) is 10.1 Å². The maximum atomic E-state index is 12.9. The second-order valence-corrected chi connectivity index (χ2v) is 7.95. The van der Waals surface area contributed by atoms with Crippen LogP contribution in [0.1, 0.15) is 34.2 Å². The molecule has 2 aromatic carbocycles. The number of benzene rings is 2. The van der Waals surface area contributed by atoms with Gasteiger partial charge in [0.05, 0.1) is 26.9 Å². The Morgan fingerprint density at radius 3 is 2.44 bits per heavy atom. The number of amides is 1. The Bertz CT molecular complexity index is 1130. The van der Waals surface area contributed by atoms with E-state index in [1.165, 1.54) is 23.5 Å². The number of esters is 1. The van der Waals surface area contributed by atoms with Gasteiger partial charge in [-0.2, -0.15) is 0 Å². The minimum atomic E-state index is -1.30. The Morgan fingerprint density at radius 1 is 1.06 bits per heavy atom. The number of non-ortho nitro benzene ring substituents is 1. The van der Waals surface area contributed by atoms with Gasteiger partial charge in [0.15, 0.2) is 5.78 Å². The molecule has 32 heavy (non-hydrogen) atoms. The summed E-state index contributed by atoms with van der Waals surface area (Å²) in [5, 5.41) is 15.1. The monoisotopic (exact) mass is 472 g/mol. The van der Waals surface area contributed by atoms with Crippen LogP contribution in [0.3, 0.4) is 0 Å². The fraction of sp³-hybridized carbons (Fsp3) is 0.136. The molecule has 10 heteroatoms. The van der Waals surface area contributed by atoms with Gasteiger partial charge in [-0.15, -0.1) is 11.3 Å². The molecule has 1 amide bonds. The van der Waals surface area contributed by atoms with Gasteiger partial charge in [-0.3, -0.25) is 24.5 Å². The lowest BCUT2D eigenvalue weighted by Gasteiger charge is -2.18. The van der Waals surface area contributed by atoms with Crippen LogP contribution in [-0.4, -0.2) is 22.6 Å². The third kappa shape index (κ3) is 5.99. The number of Topliss-reactive ketones (excluding diaryl/α,β-unsaturated/α-hetero) is 1. The van der Waals surface area contributed by atoms with Crippen LogP contribution in [0.25, 0.3) is 0 Å². The average molecular weight is 473 g/mol. The van der Waals surface area contributed by atoms with Crippen LogP contribution in [0.15, 0.2) is 66.0 Å². The van der Waals surface area contributed by atoms with Gasteiger partial charge < -0.3 is 10.1 Å². The lowest BCUT2D eigenvalue weighted by molar-refractivity contribution is -0.384. The van der Waals surface area contributed by atoms with Crippen molar-refractivity contribution in [3.05, 3.63) is 91.6 Å². The van der Waals surface area contributed by atoms with Gasteiger partial charge in [-0.25, -0.2) is 0 Å². The molecular formula is C22H17ClN2O6S. The third-order valence-corrected chi connectivity index (χ3v) is 5.59. The van der Waals surface area contributed by atoms with Gasteiger partial charge >= 0.3 is 5.97 Å². The Balaban J connectivity index is 1.71. The first-order valence-corrected chi connectivity index (χ1v) is 10.7. The first-order valence-electron chi connectivity index (χ1n) is 9.41. The van der Waals surface area contributed by atoms with Crippen LogP contribution in [0.4, 0.5) is 11.4 Å². The van der Waals surface area contributed by atoms with E-state index in [9.17, 15) is 24.5 Å². The number of anilines is 1. The summed E-state index contributed by atoms with van der Waals surface area (Å²) in [5.74, 6) is -1.59. The van der Waals surface area contributed by atoms with Crippen LogP contribution < -0.4 is 5.32 Å². The average Bonchev–Trinajstić information content (AvgIpc) is 3.32. The second kappa shape index (κ2) is 10.7. The lowest BCUT2D eigenvalue weighted by Crippen LogP contribution is -2.26. The number of hydrogen-bond acceptors (Lipinski definition) is 7. The minimum Gasteiger partial charge on any atom is -0.447 e. The van der Waals surface area contributed by atoms with E-state index in [1.807, 2.05) is 0 Å². The molecule has 1 N–H and O–H groups in total. The number of carbonyl (C=O) groups excluding carboxylic acids is 3. The maximum Gasteiger partial charge on any atom is 0.307 e. The number of carbonyl (C=O) groups is 3. The maximum absolute atomic E-state index is 12.9. The lowest BCUT2D eigenvalue weighted by atomic mass is 10.1. The highest BCUT2D eigenvalue weighted by molar-refractivity contribution is 7.12. The van der Waals surface area contributed by atoms with Gasteiger partial charge in [0.25, 0.3) is 11.6 Å². The zero-order valence-corrected chi connectivity index (χ0v) is 18.1. The molecule has 0 aliphatic heterocycles. The first kappa shape index (κ1) is 23.1. The molecule has 0 aliphatic carbocycles.